The summed E-state index contributed by atoms with van der Waals surface area (Å²) in [5, 5.41) is 11.9. The second-order valence-electron chi connectivity index (χ2n) is 6.65. The van der Waals surface area contributed by atoms with Crippen LogP contribution in [0, 0.1) is 0 Å². The van der Waals surface area contributed by atoms with Gasteiger partial charge in [-0.05, 0) is 42.3 Å². The van der Waals surface area contributed by atoms with Crippen LogP contribution in [0.1, 0.15) is 56.8 Å². The molecule has 1 aliphatic carbocycles. The van der Waals surface area contributed by atoms with Gasteiger partial charge in [0.25, 0.3) is 0 Å². The van der Waals surface area contributed by atoms with Crippen molar-refractivity contribution in [3.8, 4) is 0 Å². The zero-order chi connectivity index (χ0) is 19.2. The number of nitrogens with zero attached hydrogens (tertiary/aromatic N) is 5. The van der Waals surface area contributed by atoms with Crippen molar-refractivity contribution in [2.75, 3.05) is 18.6 Å². The lowest BCUT2D eigenvalue weighted by molar-refractivity contribution is -0.146. The van der Waals surface area contributed by atoms with E-state index in [1.165, 1.54) is 13.5 Å². The van der Waals surface area contributed by atoms with E-state index in [4.69, 9.17) is 4.74 Å². The highest BCUT2D eigenvalue weighted by molar-refractivity contribution is 6.10. The summed E-state index contributed by atoms with van der Waals surface area (Å²) in [5.41, 5.74) is 0.718. The molecule has 1 unspecified atom stereocenters. The standard InChI is InChI=1S/C19H25N5O3/c1-3-23(14-10-6-4-7-11-14)18(25)16(19(26)27-2)17-20-21-22-24(17)15-12-8-5-9-13-15/h4,6-7,10-11,15-16H,3,5,8-9,12-13H2,1-2H3. The number of ether oxygens (including phenoxy) is 1. The van der Waals surface area contributed by atoms with Gasteiger partial charge in [0.2, 0.25) is 5.91 Å². The van der Waals surface area contributed by atoms with E-state index in [0.717, 1.165) is 31.4 Å². The average molecular weight is 371 g/mol. The third-order valence-electron chi connectivity index (χ3n) is 5.03. The van der Waals surface area contributed by atoms with Gasteiger partial charge >= 0.3 is 5.97 Å². The maximum absolute atomic E-state index is 13.3. The lowest BCUT2D eigenvalue weighted by Gasteiger charge is -2.27. The number of hydrogen-bond donors (Lipinski definition) is 0. The molecule has 1 heterocycles. The van der Waals surface area contributed by atoms with E-state index >= 15 is 0 Å². The number of para-hydroxylation sites is 1. The molecule has 8 nitrogen and oxygen atoms in total. The van der Waals surface area contributed by atoms with Gasteiger partial charge in [-0.3, -0.25) is 9.59 Å². The Bertz CT molecular complexity index is 771. The first-order chi connectivity index (χ1) is 13.2. The molecule has 1 aromatic carbocycles. The fraction of sp³-hybridized carbons (Fsp3) is 0.526. The minimum Gasteiger partial charge on any atom is -0.468 e. The van der Waals surface area contributed by atoms with E-state index in [9.17, 15) is 9.59 Å². The molecule has 0 radical (unpaired) electrons. The number of methoxy groups -OCH3 is 1. The fourth-order valence-electron chi connectivity index (χ4n) is 3.64. The van der Waals surface area contributed by atoms with Gasteiger partial charge in [-0.25, -0.2) is 4.68 Å². The van der Waals surface area contributed by atoms with Gasteiger partial charge in [-0.15, -0.1) is 5.10 Å². The van der Waals surface area contributed by atoms with Gasteiger partial charge in [-0.1, -0.05) is 37.5 Å². The molecule has 1 fully saturated rings. The molecule has 144 valence electrons. The molecule has 0 saturated heterocycles. The number of carbonyl (C=O) groups is 2. The first kappa shape index (κ1) is 19.0. The second kappa shape index (κ2) is 8.75. The second-order valence-corrected chi connectivity index (χ2v) is 6.65. The van der Waals surface area contributed by atoms with Crippen LogP contribution in [-0.2, 0) is 14.3 Å². The summed E-state index contributed by atoms with van der Waals surface area (Å²) in [5.74, 6) is -1.97. The van der Waals surface area contributed by atoms with Crippen molar-refractivity contribution in [3.63, 3.8) is 0 Å². The van der Waals surface area contributed by atoms with E-state index in [1.54, 1.807) is 9.58 Å². The van der Waals surface area contributed by atoms with Crippen molar-refractivity contribution >= 4 is 17.6 Å². The Morgan fingerprint density at radius 3 is 2.56 bits per heavy atom. The number of amides is 1. The highest BCUT2D eigenvalue weighted by Crippen LogP contribution is 2.31. The highest BCUT2D eigenvalue weighted by atomic mass is 16.5. The first-order valence-electron chi connectivity index (χ1n) is 9.39. The Morgan fingerprint density at radius 1 is 1.22 bits per heavy atom. The molecule has 27 heavy (non-hydrogen) atoms. The Labute approximate surface area is 158 Å². The van der Waals surface area contributed by atoms with Crippen LogP contribution in [0.5, 0.6) is 0 Å². The monoisotopic (exact) mass is 371 g/mol. The average Bonchev–Trinajstić information content (AvgIpc) is 3.19. The number of esters is 1. The first-order valence-corrected chi connectivity index (χ1v) is 9.39. The highest BCUT2D eigenvalue weighted by Gasteiger charge is 2.39. The molecule has 0 N–H and O–H groups in total. The summed E-state index contributed by atoms with van der Waals surface area (Å²) in [4.78, 5) is 27.4. The zero-order valence-electron chi connectivity index (χ0n) is 15.7. The Morgan fingerprint density at radius 2 is 1.93 bits per heavy atom. The molecular formula is C19H25N5O3. The van der Waals surface area contributed by atoms with Crippen molar-refractivity contribution in [2.24, 2.45) is 0 Å². The summed E-state index contributed by atoms with van der Waals surface area (Å²) in [6.07, 6.45) is 5.25. The summed E-state index contributed by atoms with van der Waals surface area (Å²) in [6, 6.07) is 9.35. The summed E-state index contributed by atoms with van der Waals surface area (Å²) >= 11 is 0. The predicted molar refractivity (Wildman–Crippen MR) is 99.2 cm³/mol. The van der Waals surface area contributed by atoms with Crippen molar-refractivity contribution in [1.82, 2.24) is 20.2 Å². The van der Waals surface area contributed by atoms with Crippen LogP contribution >= 0.6 is 0 Å². The molecule has 0 bridgehead atoms. The van der Waals surface area contributed by atoms with Gasteiger partial charge in [0.05, 0.1) is 13.2 Å². The van der Waals surface area contributed by atoms with E-state index < -0.39 is 11.9 Å². The topological polar surface area (TPSA) is 90.2 Å². The van der Waals surface area contributed by atoms with Gasteiger partial charge in [0.15, 0.2) is 11.7 Å². The van der Waals surface area contributed by atoms with Crippen molar-refractivity contribution in [1.29, 1.82) is 0 Å². The third-order valence-corrected chi connectivity index (χ3v) is 5.03. The molecule has 1 amide bonds. The SMILES string of the molecule is CCN(C(=O)C(C(=O)OC)c1nnnn1C1CCCCC1)c1ccccc1. The zero-order valence-corrected chi connectivity index (χ0v) is 15.7. The van der Waals surface area contributed by atoms with Crippen LogP contribution < -0.4 is 4.90 Å². The lowest BCUT2D eigenvalue weighted by atomic mass is 9.95. The van der Waals surface area contributed by atoms with Crippen LogP contribution in [-0.4, -0.2) is 45.7 Å². The minimum atomic E-state index is -1.19. The number of anilines is 1. The molecule has 2 aromatic rings. The molecule has 1 atom stereocenters. The lowest BCUT2D eigenvalue weighted by Crippen LogP contribution is -2.40. The van der Waals surface area contributed by atoms with E-state index in [1.807, 2.05) is 37.3 Å². The number of carbonyl (C=O) groups excluding carboxylic acids is 2. The molecule has 1 aromatic heterocycles. The van der Waals surface area contributed by atoms with Gasteiger partial charge in [-0.2, -0.15) is 0 Å². The Hall–Kier alpha value is -2.77. The van der Waals surface area contributed by atoms with E-state index in [-0.39, 0.29) is 17.8 Å². The van der Waals surface area contributed by atoms with Crippen LogP contribution in [0.25, 0.3) is 0 Å². The number of aromatic nitrogens is 4. The molecule has 1 aliphatic rings. The van der Waals surface area contributed by atoms with Gasteiger partial charge in [0.1, 0.15) is 0 Å². The molecule has 1 saturated carbocycles. The van der Waals surface area contributed by atoms with Crippen LogP contribution in [0.15, 0.2) is 30.3 Å². The van der Waals surface area contributed by atoms with E-state index in [2.05, 4.69) is 15.5 Å². The van der Waals surface area contributed by atoms with Crippen LogP contribution in [0.4, 0.5) is 5.69 Å². The molecule has 3 rings (SSSR count). The normalized spacial score (nSPS) is 15.9. The smallest absolute Gasteiger partial charge is 0.326 e. The van der Waals surface area contributed by atoms with Crippen LogP contribution in [0.2, 0.25) is 0 Å². The molecule has 0 spiro atoms. The number of hydrogen-bond acceptors (Lipinski definition) is 6. The summed E-state index contributed by atoms with van der Waals surface area (Å²) in [7, 11) is 1.27. The largest absolute Gasteiger partial charge is 0.468 e. The van der Waals surface area contributed by atoms with E-state index in [0.29, 0.717) is 6.54 Å². The predicted octanol–water partition coefficient (Wildman–Crippen LogP) is 2.49. The van der Waals surface area contributed by atoms with Gasteiger partial charge < -0.3 is 9.64 Å². The quantitative estimate of drug-likeness (QED) is 0.572. The molecular weight excluding hydrogens is 346 g/mol. The molecule has 8 heteroatoms. The maximum Gasteiger partial charge on any atom is 0.326 e. The Kier molecular flexibility index (Phi) is 6.16. The number of tetrazole rings is 1. The number of benzene rings is 1. The number of rotatable bonds is 6. The minimum absolute atomic E-state index is 0.107. The van der Waals surface area contributed by atoms with Gasteiger partial charge in [0, 0.05) is 12.2 Å². The van der Waals surface area contributed by atoms with Crippen molar-refractivity contribution in [3.05, 3.63) is 36.2 Å². The third kappa shape index (κ3) is 3.99. The maximum atomic E-state index is 13.3. The number of likely N-dealkylation sites (N-methyl/N-ethyl adjacent to an activating group) is 1. The van der Waals surface area contributed by atoms with Crippen molar-refractivity contribution < 1.29 is 14.3 Å². The molecule has 0 aliphatic heterocycles. The summed E-state index contributed by atoms with van der Waals surface area (Å²) in [6.45, 7) is 2.28. The summed E-state index contributed by atoms with van der Waals surface area (Å²) < 4.78 is 6.59. The van der Waals surface area contributed by atoms with Crippen LogP contribution in [0.3, 0.4) is 0 Å². The fourth-order valence-corrected chi connectivity index (χ4v) is 3.64. The Balaban J connectivity index is 1.96. The van der Waals surface area contributed by atoms with Crippen molar-refractivity contribution in [2.45, 2.75) is 51.0 Å².